The molecule has 0 aromatic rings. The Morgan fingerprint density at radius 3 is 0.900 bits per heavy atom. The molecule has 0 atom stereocenters. The zero-order valence-electron chi connectivity index (χ0n) is 4.43. The summed E-state index contributed by atoms with van der Waals surface area (Å²) >= 11 is 0. The molecule has 0 unspecified atom stereocenters. The molecule has 0 heterocycles. The van der Waals surface area contributed by atoms with Crippen molar-refractivity contribution in [3.05, 3.63) is 0 Å². The monoisotopic (exact) mass is 263 g/mol. The zero-order valence-corrected chi connectivity index (χ0v) is 7.61. The maximum absolute atomic E-state index is 8.88. The van der Waals surface area contributed by atoms with Crippen LogP contribution >= 0.6 is 7.82 Å². The van der Waals surface area contributed by atoms with Crippen molar-refractivity contribution in [2.24, 2.45) is 0 Å². The summed E-state index contributed by atoms with van der Waals surface area (Å²) in [5.74, 6) is 0. The Bertz CT molecular complexity index is 59.7. The Kier molecular flexibility index (Phi) is 72.6. The summed E-state index contributed by atoms with van der Waals surface area (Å²) < 4.78 is 8.88. The van der Waals surface area contributed by atoms with Gasteiger partial charge in [-0.15, -0.1) is 0 Å². The Balaban J connectivity index is -0.00000000800. The maximum atomic E-state index is 8.88. The summed E-state index contributed by atoms with van der Waals surface area (Å²) in [6.45, 7) is 0. The maximum Gasteiger partial charge on any atom is 0.466 e. The molecule has 10 heteroatoms. The van der Waals surface area contributed by atoms with Gasteiger partial charge in [-0.25, -0.2) is 4.57 Å². The van der Waals surface area contributed by atoms with Gasteiger partial charge in [0.2, 0.25) is 0 Å². The predicted molar refractivity (Wildman–Crippen MR) is 25.1 cm³/mol. The van der Waals surface area contributed by atoms with Crippen LogP contribution in [-0.4, -0.2) is 31.1 Å². The molecule has 0 rings (SSSR count). The molecule has 7 nitrogen and oxygen atoms in total. The first-order chi connectivity index (χ1) is 2.00. The molecular weight excluding hydrogens is 254 g/mol. The van der Waals surface area contributed by atoms with Gasteiger partial charge in [-0.1, -0.05) is 0 Å². The second-order valence-electron chi connectivity index (χ2n) is 0.513. The van der Waals surface area contributed by atoms with Gasteiger partial charge in [0.1, 0.15) is 0 Å². The van der Waals surface area contributed by atoms with Crippen LogP contribution in [0.15, 0.2) is 0 Å². The number of phosphoric acid groups is 1. The molecule has 0 aliphatic carbocycles. The van der Waals surface area contributed by atoms with Gasteiger partial charge in [0.15, 0.2) is 0 Å². The van der Waals surface area contributed by atoms with E-state index in [1.165, 1.54) is 0 Å². The molecular formula is H9FeMnO7P. The second-order valence-corrected chi connectivity index (χ2v) is 1.54. The molecule has 0 spiro atoms. The average Bonchev–Trinajstić information content (AvgIpc) is 0.722. The van der Waals surface area contributed by atoms with E-state index in [9.17, 15) is 0 Å². The van der Waals surface area contributed by atoms with E-state index in [-0.39, 0.29) is 50.6 Å². The largest absolute Gasteiger partial charge is 0.466 e. The molecule has 0 fully saturated rings. The van der Waals surface area contributed by atoms with E-state index in [4.69, 9.17) is 19.2 Å². The second kappa shape index (κ2) is 16.5. The number of rotatable bonds is 0. The third-order valence-electron chi connectivity index (χ3n) is 0. The van der Waals surface area contributed by atoms with Gasteiger partial charge in [0.25, 0.3) is 0 Å². The Labute approximate surface area is 77.9 Å². The van der Waals surface area contributed by atoms with E-state index in [1.54, 1.807) is 0 Å². The van der Waals surface area contributed by atoms with Crippen molar-refractivity contribution in [1.82, 2.24) is 0 Å². The molecule has 0 aliphatic rings. The van der Waals surface area contributed by atoms with Gasteiger partial charge in [-0.2, -0.15) is 0 Å². The van der Waals surface area contributed by atoms with Gasteiger partial charge in [0.05, 0.1) is 0 Å². The minimum Gasteiger partial charge on any atom is -0.412 e. The van der Waals surface area contributed by atoms with Crippen molar-refractivity contribution in [3.63, 3.8) is 0 Å². The molecule has 71 valence electrons. The van der Waals surface area contributed by atoms with Crippen LogP contribution < -0.4 is 0 Å². The summed E-state index contributed by atoms with van der Waals surface area (Å²) in [7, 11) is -4.64. The van der Waals surface area contributed by atoms with Gasteiger partial charge < -0.3 is 31.1 Å². The predicted octanol–water partition coefficient (Wildman–Crippen LogP) is -3.41. The van der Waals surface area contributed by atoms with Crippen molar-refractivity contribution in [1.29, 1.82) is 0 Å². The summed E-state index contributed by atoms with van der Waals surface area (Å²) in [6, 6.07) is 0. The van der Waals surface area contributed by atoms with E-state index in [1.807, 2.05) is 0 Å². The topological polar surface area (TPSA) is 172 Å². The number of hydrogen-bond donors (Lipinski definition) is 3. The van der Waals surface area contributed by atoms with Crippen molar-refractivity contribution < 1.29 is 69.8 Å². The summed E-state index contributed by atoms with van der Waals surface area (Å²) in [5.41, 5.74) is 0. The van der Waals surface area contributed by atoms with Crippen LogP contribution in [0.3, 0.4) is 0 Å². The van der Waals surface area contributed by atoms with Crippen LogP contribution in [0.1, 0.15) is 0 Å². The van der Waals surface area contributed by atoms with Crippen molar-refractivity contribution in [3.8, 4) is 0 Å². The molecule has 0 amide bonds. The first kappa shape index (κ1) is 43.9. The molecule has 0 aromatic heterocycles. The van der Waals surface area contributed by atoms with Crippen LogP contribution in [0.4, 0.5) is 0 Å². The van der Waals surface area contributed by atoms with E-state index < -0.39 is 7.82 Å². The molecule has 10 heavy (non-hydrogen) atoms. The summed E-state index contributed by atoms with van der Waals surface area (Å²) in [5, 5.41) is 0. The van der Waals surface area contributed by atoms with Crippen LogP contribution in [0.5, 0.6) is 0 Å². The molecule has 0 aromatic carbocycles. The molecule has 0 bridgehead atoms. The first-order valence-electron chi connectivity index (χ1n) is 0.783. The van der Waals surface area contributed by atoms with Crippen molar-refractivity contribution in [2.45, 2.75) is 0 Å². The minimum atomic E-state index is -4.64. The van der Waals surface area contributed by atoms with Crippen LogP contribution in [0.2, 0.25) is 0 Å². The fourth-order valence-electron chi connectivity index (χ4n) is 0. The van der Waals surface area contributed by atoms with Gasteiger partial charge in [0, 0.05) is 34.1 Å². The van der Waals surface area contributed by atoms with E-state index in [0.717, 1.165) is 0 Å². The summed E-state index contributed by atoms with van der Waals surface area (Å²) in [6.07, 6.45) is 0. The van der Waals surface area contributed by atoms with Crippen molar-refractivity contribution >= 4 is 7.82 Å². The molecule has 0 aliphatic heterocycles. The average molecular weight is 263 g/mol. The normalized spacial score (nSPS) is 5.90. The standard InChI is InChI=1S/Fe.Mn.H3O4P.3H2O/c;;1-5(2,3)4;;;/h;;(H3,1,2,3,4);3*1H2. The molecule has 9 N–H and O–H groups in total. The van der Waals surface area contributed by atoms with Gasteiger partial charge in [-0.3, -0.25) is 0 Å². The van der Waals surface area contributed by atoms with Crippen LogP contribution in [0.25, 0.3) is 0 Å². The van der Waals surface area contributed by atoms with E-state index in [2.05, 4.69) is 0 Å². The fourth-order valence-corrected chi connectivity index (χ4v) is 0. The Hall–Kier alpha value is 1.03. The Morgan fingerprint density at radius 2 is 0.900 bits per heavy atom. The fraction of sp³-hybridized carbons (Fsp3) is 0. The molecule has 0 saturated heterocycles. The van der Waals surface area contributed by atoms with Crippen LogP contribution in [0, 0.1) is 0 Å². The first-order valence-corrected chi connectivity index (χ1v) is 2.35. The third kappa shape index (κ3) is 550. The smallest absolute Gasteiger partial charge is 0.412 e. The third-order valence-corrected chi connectivity index (χ3v) is 0. The quantitative estimate of drug-likeness (QED) is 0.305. The SMILES string of the molecule is O.O.O.O=P(O)(O)O.[Fe].[Mn]. The number of hydrogen-bond acceptors (Lipinski definition) is 1. The van der Waals surface area contributed by atoms with Crippen LogP contribution in [-0.2, 0) is 38.7 Å². The van der Waals surface area contributed by atoms with E-state index in [0.29, 0.717) is 0 Å². The molecule has 1 radical (unpaired) electrons. The zero-order chi connectivity index (χ0) is 4.50. The minimum absolute atomic E-state index is 0. The van der Waals surface area contributed by atoms with Gasteiger partial charge in [-0.05, 0) is 0 Å². The van der Waals surface area contributed by atoms with Crippen molar-refractivity contribution in [2.75, 3.05) is 0 Å². The molecule has 0 saturated carbocycles. The van der Waals surface area contributed by atoms with Gasteiger partial charge >= 0.3 is 7.82 Å². The van der Waals surface area contributed by atoms with E-state index >= 15 is 0 Å². The Morgan fingerprint density at radius 1 is 0.900 bits per heavy atom. The summed E-state index contributed by atoms with van der Waals surface area (Å²) in [4.78, 5) is 21.6.